The molecule has 3 aromatic carbocycles. The molecule has 0 saturated heterocycles. The van der Waals surface area contributed by atoms with Gasteiger partial charge in [0.25, 0.3) is 0 Å². The number of phenols is 2. The molecule has 3 fully saturated rings. The van der Waals surface area contributed by atoms with Gasteiger partial charge in [-0.15, -0.1) is 0 Å². The molecule has 3 saturated carbocycles. The Hall–Kier alpha value is -9.54. The number of aromatic hydroxyl groups is 2. The van der Waals surface area contributed by atoms with E-state index in [9.17, 15) is 105 Å². The van der Waals surface area contributed by atoms with Crippen LogP contribution in [0, 0.1) is 40.9 Å². The van der Waals surface area contributed by atoms with Crippen molar-refractivity contribution in [2.75, 3.05) is 81.4 Å². The molecule has 31 nitrogen and oxygen atoms in total. The third-order valence-electron chi connectivity index (χ3n) is 24.4. The second-order valence-corrected chi connectivity index (χ2v) is 33.2. The van der Waals surface area contributed by atoms with Crippen molar-refractivity contribution in [1.29, 1.82) is 0 Å². The summed E-state index contributed by atoms with van der Waals surface area (Å²) in [5.74, 6) is -16.9. The molecule has 0 bridgehead atoms. The van der Waals surface area contributed by atoms with E-state index < -0.39 is 194 Å². The Bertz CT molecular complexity index is 4680. The van der Waals surface area contributed by atoms with Gasteiger partial charge in [-0.1, -0.05) is 72.2 Å². The molecule has 9 aliphatic carbocycles. The topological polar surface area (TPSA) is 501 Å². The number of ketones is 5. The van der Waals surface area contributed by atoms with Gasteiger partial charge in [0.1, 0.15) is 57.4 Å². The van der Waals surface area contributed by atoms with Crippen molar-refractivity contribution < 1.29 is 109 Å². The van der Waals surface area contributed by atoms with Gasteiger partial charge in [-0.3, -0.25) is 48.3 Å². The molecular formula is C80H103N9O22. The lowest BCUT2D eigenvalue weighted by Crippen LogP contribution is -2.75. The monoisotopic (exact) mass is 1540 g/mol. The summed E-state index contributed by atoms with van der Waals surface area (Å²) in [6.45, 7) is 13.6. The minimum Gasteiger partial charge on any atom is -0.510 e. The highest BCUT2D eigenvalue weighted by Crippen LogP contribution is 2.60. The number of ether oxygens (including phenoxy) is 1. The predicted molar refractivity (Wildman–Crippen MR) is 405 cm³/mol. The number of aliphatic hydroxyl groups excluding tert-OH is 8. The van der Waals surface area contributed by atoms with Crippen LogP contribution in [0.3, 0.4) is 0 Å². The van der Waals surface area contributed by atoms with Crippen molar-refractivity contribution in [3.8, 4) is 17.2 Å². The van der Waals surface area contributed by atoms with Crippen LogP contribution in [0.1, 0.15) is 119 Å². The molecular weight excluding hydrogens is 1440 g/mol. The highest BCUT2D eigenvalue weighted by molar-refractivity contribution is 6.25. The number of hydrogen-bond acceptors (Lipinski definition) is 28. The number of phenolic OH excluding ortho intramolecular Hbond substituents is 2. The van der Waals surface area contributed by atoms with E-state index in [1.165, 1.54) is 33.9 Å². The van der Waals surface area contributed by atoms with Crippen LogP contribution in [0.5, 0.6) is 17.2 Å². The predicted octanol–water partition coefficient (Wildman–Crippen LogP) is 2.99. The van der Waals surface area contributed by atoms with Gasteiger partial charge in [-0.05, 0) is 140 Å². The molecule has 3 aromatic rings. The lowest BCUT2D eigenvalue weighted by atomic mass is 9.53. The molecule has 0 unspecified atom stereocenters. The number of Topliss-reactive ketones (excluding diaryl/α,β-unsaturated/α-hetero) is 5. The zero-order valence-corrected chi connectivity index (χ0v) is 65.0. The number of nitrogens with zero attached hydrogens (tertiary/aromatic N) is 5. The van der Waals surface area contributed by atoms with Gasteiger partial charge >= 0.3 is 6.09 Å². The first kappa shape index (κ1) is 82.4. The number of primary amides is 2. The SMILES string of the molecule is CC(=O)C1=C(O)[C@@]2(O)C(=O)C3=C(O)c4c(c(N(C)C)cc5c4OC(=O)N(CC(C)(C)C)C5)C[C@H]3C[C@H]2[C@H](N(C)C)C1=O.CCCCN[C@@H]1C(C(N)=O)=C(O)[C@@H](N(C)C)[C@@H]2[C@@H](O)[C@H]3C(=C(O)c4c(O)cccc4[C@@H]3C)C(=O)[C@@]21O.CN[C@@H]1C(C(N)=O)=C(O)[C@@H](N(C)C)[C@@H]2[C@@H](O)[C@H]3C(=C(O)c4c(O)cccc4[C@@H]3C)C(=O)[C@@]21O. The van der Waals surface area contributed by atoms with Gasteiger partial charge in [0, 0.05) is 78.2 Å². The molecule has 600 valence electrons. The lowest BCUT2D eigenvalue weighted by molar-refractivity contribution is -0.174. The Labute approximate surface area is 641 Å². The Morgan fingerprint density at radius 3 is 1.54 bits per heavy atom. The molecule has 3 amide bonds. The summed E-state index contributed by atoms with van der Waals surface area (Å²) in [7, 11) is 14.7. The van der Waals surface area contributed by atoms with Crippen molar-refractivity contribution in [3.05, 3.63) is 132 Å². The number of nitrogens with two attached hydrogens (primary N) is 2. The number of benzene rings is 3. The Kier molecular flexibility index (Phi) is 21.7. The van der Waals surface area contributed by atoms with Crippen molar-refractivity contribution in [1.82, 2.24) is 30.2 Å². The van der Waals surface area contributed by atoms with Gasteiger partial charge < -0.3 is 103 Å². The minimum absolute atomic E-state index is 0.0633. The van der Waals surface area contributed by atoms with Crippen LogP contribution in [0.2, 0.25) is 0 Å². The van der Waals surface area contributed by atoms with E-state index in [1.807, 2.05) is 52.8 Å². The maximum Gasteiger partial charge on any atom is 0.415 e. The number of aliphatic hydroxyl groups is 11. The molecule has 0 radical (unpaired) electrons. The number of amides is 3. The van der Waals surface area contributed by atoms with Crippen LogP contribution in [-0.2, 0) is 46.5 Å². The average Bonchev–Trinajstić information content (AvgIpc) is 0.695. The molecule has 13 rings (SSSR count). The quantitative estimate of drug-likeness (QED) is 0.0864. The number of fused-ring (bicyclic) bond motifs is 11. The summed E-state index contributed by atoms with van der Waals surface area (Å²) < 4.78 is 5.82. The molecule has 1 aliphatic heterocycles. The van der Waals surface area contributed by atoms with Gasteiger partial charge in [0.15, 0.2) is 39.9 Å². The number of likely N-dealkylation sites (N-methyl/N-ethyl adjacent to an activating group) is 4. The number of carbonyl (C=O) groups excluding carboxylic acids is 8. The van der Waals surface area contributed by atoms with Gasteiger partial charge in [-0.2, -0.15) is 0 Å². The highest BCUT2D eigenvalue weighted by Gasteiger charge is 2.71. The van der Waals surface area contributed by atoms with Crippen molar-refractivity contribution in [2.24, 2.45) is 52.4 Å². The van der Waals surface area contributed by atoms with E-state index in [-0.39, 0.29) is 86.6 Å². The number of rotatable bonds is 13. The first-order chi connectivity index (χ1) is 51.7. The van der Waals surface area contributed by atoms with Crippen molar-refractivity contribution >= 4 is 69.8 Å². The molecule has 111 heavy (non-hydrogen) atoms. The smallest absolute Gasteiger partial charge is 0.415 e. The number of carbonyl (C=O) groups is 8. The van der Waals surface area contributed by atoms with Crippen LogP contribution < -0.4 is 31.7 Å². The fourth-order valence-electron chi connectivity index (χ4n) is 19.8. The molecule has 0 aromatic heterocycles. The highest BCUT2D eigenvalue weighted by atomic mass is 16.6. The number of nitrogens with one attached hydrogen (secondary N) is 2. The zero-order valence-electron chi connectivity index (χ0n) is 65.0. The maximum atomic E-state index is 14.2. The number of anilines is 1. The Balaban J connectivity index is 0.000000166. The Morgan fingerprint density at radius 1 is 0.658 bits per heavy atom. The normalized spacial score (nSPS) is 32.1. The first-order valence-corrected chi connectivity index (χ1v) is 37.0. The van der Waals surface area contributed by atoms with E-state index in [0.29, 0.717) is 41.8 Å². The van der Waals surface area contributed by atoms with E-state index >= 15 is 0 Å². The van der Waals surface area contributed by atoms with Gasteiger partial charge in [-0.25, -0.2) is 4.79 Å². The molecule has 0 spiro atoms. The minimum atomic E-state index is -2.60. The second-order valence-electron chi connectivity index (χ2n) is 33.2. The lowest BCUT2D eigenvalue weighted by Gasteiger charge is -2.57. The summed E-state index contributed by atoms with van der Waals surface area (Å²) in [6, 6.07) is 5.15. The van der Waals surface area contributed by atoms with Gasteiger partial charge in [0.05, 0.1) is 76.8 Å². The summed E-state index contributed by atoms with van der Waals surface area (Å²) in [6.07, 6.45) is -1.63. The molecule has 19 N–H and O–H groups in total. The van der Waals surface area contributed by atoms with Crippen LogP contribution in [0.4, 0.5) is 10.5 Å². The Morgan fingerprint density at radius 2 is 1.12 bits per heavy atom. The van der Waals surface area contributed by atoms with Crippen LogP contribution in [-0.4, -0.2) is 269 Å². The first-order valence-electron chi connectivity index (χ1n) is 37.0. The summed E-state index contributed by atoms with van der Waals surface area (Å²) in [5, 5.41) is 154. The number of hydrogen-bond donors (Lipinski definition) is 17. The standard InChI is InChI=1S/C31H39N3O8.C26H35N3O7.C23H29N3O7/c1-14(35)20-25(37)23(33(7)8)18-10-15-9-17-19(32(5)6)11-16-12-34(13-30(2,3)4)29(40)42-26(16)22(17)24(36)21(15)28(39)31(18,41)27(20)38;1-5-6-10-28-23-17(25(27)35)22(33)19(29(3)4)18-21(32)14-11(2)12-8-7-9-13(30)15(12)20(31)16(14)24(34)26(18,23)36;1-8-9-6-5-7-10(27)12(9)17(28)13-11(8)18(29)15-16(26(3)4)19(30)14(22(24)32)20(25-2)23(15,33)21(13)31/h11,15,18,23,36,38,41H,9-10,12-13H2,1-8H3;7-9,11,14,18-19,21,23,28,30-33,36H,5-6,10H2,1-4H3,(H2,27,35);5-8,11,15-16,18,20,25,27-30,33H,1-4H3,(H2,24,32)/t15-,18-,23-,31+;11-,14+,18+,19-,21-,23+,26+;8-,11+,15+,16-,18-,20+,23+/m000/s1. The summed E-state index contributed by atoms with van der Waals surface area (Å²) in [4.78, 5) is 114. The zero-order chi connectivity index (χ0) is 82.5. The fraction of sp³-hybridized carbons (Fsp3) is 0.525. The van der Waals surface area contributed by atoms with Crippen molar-refractivity contribution in [2.45, 2.75) is 152 Å². The fourth-order valence-corrected chi connectivity index (χ4v) is 19.8. The molecule has 1 heterocycles. The second kappa shape index (κ2) is 29.2. The van der Waals surface area contributed by atoms with Crippen LogP contribution in [0.25, 0.3) is 17.3 Å². The number of unbranched alkanes of at least 4 members (excludes halogenated alkanes) is 1. The van der Waals surface area contributed by atoms with Crippen LogP contribution in [0.15, 0.2) is 93.2 Å². The van der Waals surface area contributed by atoms with Crippen molar-refractivity contribution in [3.63, 3.8) is 0 Å². The van der Waals surface area contributed by atoms with Gasteiger partial charge in [0.2, 0.25) is 17.6 Å². The maximum absolute atomic E-state index is 14.2. The average molecular weight is 1540 g/mol. The third kappa shape index (κ3) is 12.4. The van der Waals surface area contributed by atoms with E-state index in [1.54, 1.807) is 85.3 Å². The van der Waals surface area contributed by atoms with E-state index in [0.717, 1.165) is 19.0 Å². The third-order valence-corrected chi connectivity index (χ3v) is 24.4. The van der Waals surface area contributed by atoms with E-state index in [2.05, 4.69) is 10.6 Å². The molecule has 31 heteroatoms. The molecule has 18 atom stereocenters. The largest absolute Gasteiger partial charge is 0.510 e. The van der Waals surface area contributed by atoms with E-state index in [4.69, 9.17) is 16.2 Å². The molecule has 10 aliphatic rings. The summed E-state index contributed by atoms with van der Waals surface area (Å²) in [5.41, 5.74) is 5.16. The summed E-state index contributed by atoms with van der Waals surface area (Å²) >= 11 is 0. The van der Waals surface area contributed by atoms with Crippen LogP contribution >= 0.6 is 0 Å².